The molecular formula is C27H36N8O. The van der Waals surface area contributed by atoms with Gasteiger partial charge in [0, 0.05) is 42.7 Å². The Hall–Kier alpha value is -3.46. The van der Waals surface area contributed by atoms with Gasteiger partial charge < -0.3 is 19.9 Å². The molecule has 0 saturated carbocycles. The van der Waals surface area contributed by atoms with Crippen LogP contribution < -0.4 is 10.5 Å². The fraction of sp³-hybridized carbons (Fsp3) is 0.481. The lowest BCUT2D eigenvalue weighted by atomic mass is 9.85. The molecule has 9 nitrogen and oxygen atoms in total. The highest BCUT2D eigenvalue weighted by molar-refractivity contribution is 6.25. The van der Waals surface area contributed by atoms with Gasteiger partial charge >= 0.3 is 0 Å². The predicted molar refractivity (Wildman–Crippen MR) is 143 cm³/mol. The van der Waals surface area contributed by atoms with Crippen LogP contribution in [0.15, 0.2) is 35.6 Å². The smallest absolute Gasteiger partial charge is 0.178 e. The lowest BCUT2D eigenvalue weighted by Crippen LogP contribution is -2.34. The van der Waals surface area contributed by atoms with Crippen LogP contribution in [0.3, 0.4) is 0 Å². The number of aromatic nitrogens is 5. The van der Waals surface area contributed by atoms with E-state index >= 15 is 0 Å². The molecule has 1 aromatic carbocycles. The van der Waals surface area contributed by atoms with Gasteiger partial charge in [0.05, 0.1) is 12.1 Å². The van der Waals surface area contributed by atoms with Crippen molar-refractivity contribution in [2.24, 2.45) is 16.6 Å². The van der Waals surface area contributed by atoms with Crippen LogP contribution in [-0.2, 0) is 6.54 Å². The van der Waals surface area contributed by atoms with Crippen LogP contribution in [0.5, 0.6) is 5.75 Å². The van der Waals surface area contributed by atoms with Crippen molar-refractivity contribution in [3.63, 3.8) is 0 Å². The van der Waals surface area contributed by atoms with Gasteiger partial charge in [-0.25, -0.2) is 14.6 Å². The molecule has 2 aliphatic heterocycles. The molecule has 2 aliphatic rings. The summed E-state index contributed by atoms with van der Waals surface area (Å²) in [6.45, 7) is 9.53. The second-order valence-electron chi connectivity index (χ2n) is 9.99. The number of benzene rings is 1. The zero-order valence-corrected chi connectivity index (χ0v) is 21.9. The maximum absolute atomic E-state index is 6.20. The van der Waals surface area contributed by atoms with Crippen molar-refractivity contribution in [2.45, 2.75) is 46.2 Å². The van der Waals surface area contributed by atoms with Crippen LogP contribution in [0.25, 0.3) is 28.5 Å². The molecule has 0 unspecified atom stereocenters. The van der Waals surface area contributed by atoms with E-state index in [9.17, 15) is 0 Å². The van der Waals surface area contributed by atoms with Crippen LogP contribution in [0.2, 0.25) is 0 Å². The summed E-state index contributed by atoms with van der Waals surface area (Å²) in [7, 11) is 4.04. The normalized spacial score (nSPS) is 17.6. The SMILES string of the molecule is CN=C(C(=CN)c1ccc2c(c1)OCCn1cc(-c3nc(C)nn3C(C)C)nc1-2)C1CCN(C)CC1. The zero-order chi connectivity index (χ0) is 25.4. The van der Waals surface area contributed by atoms with Crippen molar-refractivity contribution in [2.75, 3.05) is 33.8 Å². The third-order valence-electron chi connectivity index (χ3n) is 7.14. The Morgan fingerprint density at radius 2 is 1.94 bits per heavy atom. The minimum absolute atomic E-state index is 0.196. The molecule has 0 amide bonds. The molecule has 36 heavy (non-hydrogen) atoms. The Kier molecular flexibility index (Phi) is 6.66. The quantitative estimate of drug-likeness (QED) is 0.549. The monoisotopic (exact) mass is 488 g/mol. The zero-order valence-electron chi connectivity index (χ0n) is 21.9. The van der Waals surface area contributed by atoms with Crippen molar-refractivity contribution >= 4 is 11.3 Å². The van der Waals surface area contributed by atoms with Crippen LogP contribution in [0.4, 0.5) is 0 Å². The van der Waals surface area contributed by atoms with Gasteiger partial charge in [0.15, 0.2) is 5.82 Å². The number of piperidine rings is 1. The topological polar surface area (TPSA) is 99.4 Å². The fourth-order valence-electron chi connectivity index (χ4n) is 5.26. The summed E-state index contributed by atoms with van der Waals surface area (Å²) in [4.78, 5) is 16.7. The van der Waals surface area contributed by atoms with E-state index in [1.165, 1.54) is 0 Å². The maximum atomic E-state index is 6.20. The molecule has 190 valence electrons. The largest absolute Gasteiger partial charge is 0.491 e. The van der Waals surface area contributed by atoms with E-state index in [0.717, 1.165) is 77.3 Å². The number of imidazole rings is 1. The number of hydrogen-bond donors (Lipinski definition) is 1. The third kappa shape index (κ3) is 4.43. The number of ether oxygens (including phenoxy) is 1. The highest BCUT2D eigenvalue weighted by Crippen LogP contribution is 2.37. The average molecular weight is 489 g/mol. The van der Waals surface area contributed by atoms with Gasteiger partial charge in [-0.1, -0.05) is 6.07 Å². The van der Waals surface area contributed by atoms with Crippen LogP contribution in [0, 0.1) is 12.8 Å². The average Bonchev–Trinajstić information content (AvgIpc) is 3.42. The van der Waals surface area contributed by atoms with Crippen LogP contribution in [-0.4, -0.2) is 68.7 Å². The first-order valence-electron chi connectivity index (χ1n) is 12.7. The molecule has 4 heterocycles. The number of allylic oxidation sites excluding steroid dienone is 1. The van der Waals surface area contributed by atoms with E-state index < -0.39 is 0 Å². The van der Waals surface area contributed by atoms with Crippen molar-refractivity contribution in [3.8, 4) is 28.7 Å². The van der Waals surface area contributed by atoms with Crippen LogP contribution in [0.1, 0.15) is 44.1 Å². The van der Waals surface area contributed by atoms with Crippen molar-refractivity contribution in [3.05, 3.63) is 42.0 Å². The number of nitrogens with two attached hydrogens (primary N) is 1. The van der Waals surface area contributed by atoms with Gasteiger partial charge in [0.2, 0.25) is 0 Å². The number of fused-ring (bicyclic) bond motifs is 3. The molecule has 2 aromatic heterocycles. The van der Waals surface area contributed by atoms with Crippen LogP contribution >= 0.6 is 0 Å². The number of nitrogens with zero attached hydrogens (tertiary/aromatic N) is 7. The molecule has 3 aromatic rings. The highest BCUT2D eigenvalue weighted by atomic mass is 16.5. The molecule has 0 aliphatic carbocycles. The molecule has 1 saturated heterocycles. The van der Waals surface area contributed by atoms with E-state index in [1.807, 2.05) is 18.7 Å². The molecule has 2 N–H and O–H groups in total. The first kappa shape index (κ1) is 24.2. The number of likely N-dealkylation sites (tertiary alicyclic amines) is 1. The molecule has 0 spiro atoms. The van der Waals surface area contributed by atoms with E-state index in [0.29, 0.717) is 19.1 Å². The van der Waals surface area contributed by atoms with Gasteiger partial charge in [-0.2, -0.15) is 5.10 Å². The summed E-state index contributed by atoms with van der Waals surface area (Å²) in [6.07, 6.45) is 5.92. The highest BCUT2D eigenvalue weighted by Gasteiger charge is 2.26. The van der Waals surface area contributed by atoms with E-state index in [2.05, 4.69) is 69.8 Å². The van der Waals surface area contributed by atoms with Gasteiger partial charge in [-0.3, -0.25) is 4.99 Å². The Morgan fingerprint density at radius 3 is 2.64 bits per heavy atom. The van der Waals surface area contributed by atoms with E-state index in [1.54, 1.807) is 6.20 Å². The minimum Gasteiger partial charge on any atom is -0.491 e. The first-order chi connectivity index (χ1) is 17.4. The second kappa shape index (κ2) is 9.89. The molecule has 0 atom stereocenters. The van der Waals surface area contributed by atoms with Gasteiger partial charge in [0.1, 0.15) is 29.7 Å². The molecular weight excluding hydrogens is 452 g/mol. The first-order valence-corrected chi connectivity index (χ1v) is 12.7. The Bertz CT molecular complexity index is 1310. The van der Waals surface area contributed by atoms with E-state index in [4.69, 9.17) is 15.5 Å². The summed E-state index contributed by atoms with van der Waals surface area (Å²) in [5.41, 5.74) is 11.0. The molecule has 0 bridgehead atoms. The molecule has 0 radical (unpaired) electrons. The van der Waals surface area contributed by atoms with Crippen molar-refractivity contribution in [1.29, 1.82) is 0 Å². The van der Waals surface area contributed by atoms with E-state index in [-0.39, 0.29) is 6.04 Å². The lowest BCUT2D eigenvalue weighted by Gasteiger charge is -2.30. The molecule has 5 rings (SSSR count). The van der Waals surface area contributed by atoms with Gasteiger partial charge in [-0.15, -0.1) is 0 Å². The number of aryl methyl sites for hydroxylation is 1. The lowest BCUT2D eigenvalue weighted by molar-refractivity contribution is 0.252. The number of rotatable bonds is 5. The summed E-state index contributed by atoms with van der Waals surface area (Å²) in [5, 5.41) is 4.56. The van der Waals surface area contributed by atoms with Crippen molar-refractivity contribution < 1.29 is 4.74 Å². The fourth-order valence-corrected chi connectivity index (χ4v) is 5.26. The molecule has 9 heteroatoms. The number of hydrogen-bond acceptors (Lipinski definition) is 7. The summed E-state index contributed by atoms with van der Waals surface area (Å²) >= 11 is 0. The predicted octanol–water partition coefficient (Wildman–Crippen LogP) is 3.80. The third-order valence-corrected chi connectivity index (χ3v) is 7.14. The van der Waals surface area contributed by atoms with Gasteiger partial charge in [-0.05, 0) is 71.4 Å². The summed E-state index contributed by atoms with van der Waals surface area (Å²) in [5.74, 6) is 3.62. The second-order valence-corrected chi connectivity index (χ2v) is 9.99. The van der Waals surface area contributed by atoms with Gasteiger partial charge in [0.25, 0.3) is 0 Å². The summed E-state index contributed by atoms with van der Waals surface area (Å²) in [6, 6.07) is 6.47. The minimum atomic E-state index is 0.196. The Morgan fingerprint density at radius 1 is 1.17 bits per heavy atom. The maximum Gasteiger partial charge on any atom is 0.178 e. The number of aliphatic imine (C=N–C) groups is 1. The molecule has 1 fully saturated rings. The Labute approximate surface area is 212 Å². The standard InChI is InChI=1S/C27H36N8O/c1-17(2)35-27(30-18(3)32-35)23-16-34-12-13-36-24-14-20(6-7-21(24)26(34)31-23)22(15-28)25(29-4)19-8-10-33(5)11-9-19/h6-7,14-17,19H,8-13,28H2,1-5H3. The summed E-state index contributed by atoms with van der Waals surface area (Å²) < 4.78 is 10.3. The Balaban J connectivity index is 1.50. The van der Waals surface area contributed by atoms with Crippen molar-refractivity contribution in [1.82, 2.24) is 29.2 Å².